The molecule has 1 saturated heterocycles. The molecule has 19 heavy (non-hydrogen) atoms. The van der Waals surface area contributed by atoms with Crippen molar-refractivity contribution in [1.29, 1.82) is 0 Å². The molecular formula is C14H17ClN4. The fraction of sp³-hybridized carbons (Fsp3) is 0.429. The number of piperazine rings is 1. The number of anilines is 1. The summed E-state index contributed by atoms with van der Waals surface area (Å²) in [6, 6.07) is 8.04. The van der Waals surface area contributed by atoms with Crippen molar-refractivity contribution >= 4 is 28.3 Å². The van der Waals surface area contributed by atoms with Gasteiger partial charge >= 0.3 is 0 Å². The zero-order valence-corrected chi connectivity index (χ0v) is 11.8. The maximum atomic E-state index is 6.04. The van der Waals surface area contributed by atoms with E-state index in [-0.39, 0.29) is 0 Å². The van der Waals surface area contributed by atoms with Crippen LogP contribution in [0.4, 0.5) is 5.82 Å². The van der Waals surface area contributed by atoms with Crippen LogP contribution in [0.3, 0.4) is 0 Å². The average Bonchev–Trinajstić information content (AvgIpc) is 2.46. The summed E-state index contributed by atoms with van der Waals surface area (Å²) in [5.74, 6) is 0.964. The second-order valence-corrected chi connectivity index (χ2v) is 5.09. The van der Waals surface area contributed by atoms with Crippen LogP contribution in [0.25, 0.3) is 10.9 Å². The highest BCUT2D eigenvalue weighted by Gasteiger charge is 2.19. The standard InChI is InChI=1S/C14H17ClN4/c1-2-18-7-9-19(10-8-18)13-11-5-3-4-6-12(11)16-14(15)17-13/h3-6H,2,7-10H2,1H3. The summed E-state index contributed by atoms with van der Waals surface area (Å²) < 4.78 is 0. The first-order valence-electron chi connectivity index (χ1n) is 6.67. The predicted octanol–water partition coefficient (Wildman–Crippen LogP) is 2.43. The Morgan fingerprint density at radius 1 is 1.11 bits per heavy atom. The minimum Gasteiger partial charge on any atom is -0.353 e. The number of likely N-dealkylation sites (N-methyl/N-ethyl adjacent to an activating group) is 1. The van der Waals surface area contributed by atoms with Gasteiger partial charge in [0.1, 0.15) is 5.82 Å². The highest BCUT2D eigenvalue weighted by molar-refractivity contribution is 6.28. The van der Waals surface area contributed by atoms with E-state index in [9.17, 15) is 0 Å². The zero-order valence-electron chi connectivity index (χ0n) is 11.0. The zero-order chi connectivity index (χ0) is 13.2. The summed E-state index contributed by atoms with van der Waals surface area (Å²) in [6.45, 7) is 7.45. The van der Waals surface area contributed by atoms with Gasteiger partial charge in [0, 0.05) is 31.6 Å². The first-order valence-corrected chi connectivity index (χ1v) is 7.05. The maximum absolute atomic E-state index is 6.04. The lowest BCUT2D eigenvalue weighted by molar-refractivity contribution is 0.271. The number of halogens is 1. The fourth-order valence-electron chi connectivity index (χ4n) is 2.55. The molecule has 1 aromatic carbocycles. The molecule has 1 fully saturated rings. The summed E-state index contributed by atoms with van der Waals surface area (Å²) in [6.07, 6.45) is 0. The molecule has 2 aromatic rings. The minimum absolute atomic E-state index is 0.326. The van der Waals surface area contributed by atoms with Gasteiger partial charge in [-0.25, -0.2) is 4.98 Å². The molecule has 0 radical (unpaired) electrons. The van der Waals surface area contributed by atoms with Gasteiger partial charge in [-0.3, -0.25) is 0 Å². The Hall–Kier alpha value is -1.39. The monoisotopic (exact) mass is 276 g/mol. The Labute approximate surface area is 118 Å². The number of rotatable bonds is 2. The summed E-state index contributed by atoms with van der Waals surface area (Å²) in [5, 5.41) is 1.41. The van der Waals surface area contributed by atoms with E-state index in [0.29, 0.717) is 5.28 Å². The molecule has 0 atom stereocenters. The molecule has 3 rings (SSSR count). The Morgan fingerprint density at radius 3 is 2.58 bits per heavy atom. The van der Waals surface area contributed by atoms with Gasteiger partial charge < -0.3 is 9.80 Å². The molecule has 0 bridgehead atoms. The van der Waals surface area contributed by atoms with Gasteiger partial charge in [0.05, 0.1) is 5.52 Å². The highest BCUT2D eigenvalue weighted by atomic mass is 35.5. The molecule has 0 saturated carbocycles. The van der Waals surface area contributed by atoms with E-state index in [1.165, 1.54) is 0 Å². The molecule has 1 aliphatic rings. The normalized spacial score (nSPS) is 17.1. The highest BCUT2D eigenvalue weighted by Crippen LogP contribution is 2.25. The Kier molecular flexibility index (Phi) is 3.53. The smallest absolute Gasteiger partial charge is 0.224 e. The molecule has 100 valence electrons. The molecule has 0 spiro atoms. The maximum Gasteiger partial charge on any atom is 0.224 e. The van der Waals surface area contributed by atoms with E-state index < -0.39 is 0 Å². The summed E-state index contributed by atoms with van der Waals surface area (Å²) >= 11 is 6.04. The second kappa shape index (κ2) is 5.31. The van der Waals surface area contributed by atoms with Crippen molar-refractivity contribution < 1.29 is 0 Å². The van der Waals surface area contributed by atoms with Crippen LogP contribution in [0, 0.1) is 0 Å². The molecule has 4 nitrogen and oxygen atoms in total. The van der Waals surface area contributed by atoms with Gasteiger partial charge in [-0.15, -0.1) is 0 Å². The lowest BCUT2D eigenvalue weighted by atomic mass is 10.2. The molecule has 5 heteroatoms. The molecule has 2 heterocycles. The third kappa shape index (κ3) is 2.51. The number of hydrogen-bond donors (Lipinski definition) is 0. The largest absolute Gasteiger partial charge is 0.353 e. The van der Waals surface area contributed by atoms with E-state index in [2.05, 4.69) is 32.8 Å². The van der Waals surface area contributed by atoms with Gasteiger partial charge in [-0.1, -0.05) is 19.1 Å². The molecule has 1 aromatic heterocycles. The predicted molar refractivity (Wildman–Crippen MR) is 78.9 cm³/mol. The molecule has 0 aliphatic carbocycles. The van der Waals surface area contributed by atoms with Crippen molar-refractivity contribution in [3.8, 4) is 0 Å². The Morgan fingerprint density at radius 2 is 1.84 bits per heavy atom. The second-order valence-electron chi connectivity index (χ2n) is 4.75. The van der Waals surface area contributed by atoms with E-state index in [0.717, 1.165) is 49.4 Å². The van der Waals surface area contributed by atoms with Crippen LogP contribution in [-0.2, 0) is 0 Å². The van der Waals surface area contributed by atoms with E-state index in [1.807, 2.05) is 18.2 Å². The topological polar surface area (TPSA) is 32.3 Å². The molecule has 1 aliphatic heterocycles. The lowest BCUT2D eigenvalue weighted by Crippen LogP contribution is -2.46. The van der Waals surface area contributed by atoms with E-state index >= 15 is 0 Å². The van der Waals surface area contributed by atoms with Crippen LogP contribution in [0.1, 0.15) is 6.92 Å². The van der Waals surface area contributed by atoms with Crippen LogP contribution in [-0.4, -0.2) is 47.6 Å². The fourth-order valence-corrected chi connectivity index (χ4v) is 2.72. The molecular weight excluding hydrogens is 260 g/mol. The number of para-hydroxylation sites is 1. The minimum atomic E-state index is 0.326. The number of aromatic nitrogens is 2. The first kappa shape index (κ1) is 12.6. The number of benzene rings is 1. The Balaban J connectivity index is 1.96. The third-order valence-electron chi connectivity index (χ3n) is 3.67. The third-order valence-corrected chi connectivity index (χ3v) is 3.84. The van der Waals surface area contributed by atoms with E-state index in [4.69, 9.17) is 11.6 Å². The van der Waals surface area contributed by atoms with Crippen LogP contribution >= 0.6 is 11.6 Å². The van der Waals surface area contributed by atoms with Gasteiger partial charge in [0.15, 0.2) is 0 Å². The number of hydrogen-bond acceptors (Lipinski definition) is 4. The van der Waals surface area contributed by atoms with E-state index in [1.54, 1.807) is 0 Å². The van der Waals surface area contributed by atoms with Crippen LogP contribution in [0.2, 0.25) is 5.28 Å². The van der Waals surface area contributed by atoms with Crippen molar-refractivity contribution in [2.24, 2.45) is 0 Å². The SMILES string of the molecule is CCN1CCN(c2nc(Cl)nc3ccccc23)CC1. The van der Waals surface area contributed by atoms with Crippen molar-refractivity contribution in [2.45, 2.75) is 6.92 Å². The van der Waals surface area contributed by atoms with Crippen molar-refractivity contribution in [2.75, 3.05) is 37.6 Å². The van der Waals surface area contributed by atoms with Crippen LogP contribution in [0.5, 0.6) is 0 Å². The van der Waals surface area contributed by atoms with Crippen molar-refractivity contribution in [3.63, 3.8) is 0 Å². The summed E-state index contributed by atoms with van der Waals surface area (Å²) in [5.41, 5.74) is 0.912. The summed E-state index contributed by atoms with van der Waals surface area (Å²) in [7, 11) is 0. The molecule has 0 N–H and O–H groups in total. The Bertz CT molecular complexity index is 579. The van der Waals surface area contributed by atoms with Crippen LogP contribution < -0.4 is 4.90 Å². The van der Waals surface area contributed by atoms with Gasteiger partial charge in [-0.05, 0) is 30.3 Å². The molecule has 0 unspecified atom stereocenters. The van der Waals surface area contributed by atoms with Crippen LogP contribution in [0.15, 0.2) is 24.3 Å². The first-order chi connectivity index (χ1) is 9.28. The lowest BCUT2D eigenvalue weighted by Gasteiger charge is -2.35. The molecule has 0 amide bonds. The number of fused-ring (bicyclic) bond motifs is 1. The summed E-state index contributed by atoms with van der Waals surface area (Å²) in [4.78, 5) is 13.5. The quantitative estimate of drug-likeness (QED) is 0.789. The van der Waals surface area contributed by atoms with Crippen molar-refractivity contribution in [3.05, 3.63) is 29.5 Å². The van der Waals surface area contributed by atoms with Gasteiger partial charge in [0.25, 0.3) is 0 Å². The van der Waals surface area contributed by atoms with Gasteiger partial charge in [0.2, 0.25) is 5.28 Å². The number of nitrogens with zero attached hydrogens (tertiary/aromatic N) is 4. The average molecular weight is 277 g/mol. The van der Waals surface area contributed by atoms with Gasteiger partial charge in [-0.2, -0.15) is 4.98 Å². The van der Waals surface area contributed by atoms with Crippen molar-refractivity contribution in [1.82, 2.24) is 14.9 Å².